The van der Waals surface area contributed by atoms with E-state index in [9.17, 15) is 0 Å². The molecule has 0 aromatic rings. The van der Waals surface area contributed by atoms with E-state index in [2.05, 4.69) is 74.6 Å². The van der Waals surface area contributed by atoms with Crippen molar-refractivity contribution in [3.63, 3.8) is 0 Å². The van der Waals surface area contributed by atoms with Crippen molar-refractivity contribution >= 4 is 22.6 Å². The maximum atomic E-state index is 2.70. The summed E-state index contributed by atoms with van der Waals surface area (Å²) < 4.78 is 0.839. The van der Waals surface area contributed by atoms with Crippen LogP contribution >= 0.6 is 22.6 Å². The molecule has 0 aromatic carbocycles. The summed E-state index contributed by atoms with van der Waals surface area (Å²) in [4.78, 5) is 0. The second-order valence-electron chi connectivity index (χ2n) is 9.40. The Morgan fingerprint density at radius 1 is 1.09 bits per heavy atom. The van der Waals surface area contributed by atoms with Crippen LogP contribution in [-0.4, -0.2) is 3.92 Å². The lowest BCUT2D eigenvalue weighted by molar-refractivity contribution is -0.0847. The zero-order chi connectivity index (χ0) is 16.7. The number of allylic oxidation sites excluding steroid dienone is 4. The number of rotatable bonds is 4. The van der Waals surface area contributed by atoms with Crippen LogP contribution in [-0.2, 0) is 0 Å². The number of fused-ring (bicyclic) bond motifs is 3. The summed E-state index contributed by atoms with van der Waals surface area (Å²) in [6, 6.07) is 0. The molecule has 0 amide bonds. The number of hydrogen-bond donors (Lipinski definition) is 0. The van der Waals surface area contributed by atoms with E-state index < -0.39 is 0 Å². The molecule has 23 heavy (non-hydrogen) atoms. The molecule has 0 nitrogen and oxygen atoms in total. The van der Waals surface area contributed by atoms with Gasteiger partial charge in [-0.2, -0.15) is 0 Å². The van der Waals surface area contributed by atoms with Gasteiger partial charge in [-0.15, -0.1) is 0 Å². The lowest BCUT2D eigenvalue weighted by Crippen LogP contribution is -2.52. The van der Waals surface area contributed by atoms with Crippen molar-refractivity contribution in [3.05, 3.63) is 24.3 Å². The van der Waals surface area contributed by atoms with Crippen LogP contribution in [0.4, 0.5) is 0 Å². The number of alkyl halides is 1. The Morgan fingerprint density at radius 3 is 2.57 bits per heavy atom. The van der Waals surface area contributed by atoms with Crippen LogP contribution in [0.2, 0.25) is 0 Å². The Morgan fingerprint density at radius 2 is 1.83 bits per heavy atom. The second-order valence-corrected chi connectivity index (χ2v) is 11.0. The first-order chi connectivity index (χ1) is 10.9. The molecule has 1 heteroatoms. The van der Waals surface area contributed by atoms with Gasteiger partial charge >= 0.3 is 0 Å². The molecular weight excluding hydrogens is 391 g/mol. The summed E-state index contributed by atoms with van der Waals surface area (Å²) in [5.41, 5.74) is 1.11. The molecule has 2 saturated carbocycles. The molecule has 0 aliphatic heterocycles. The van der Waals surface area contributed by atoms with Gasteiger partial charge in [-0.1, -0.05) is 81.0 Å². The Hall–Kier alpha value is 0.210. The summed E-state index contributed by atoms with van der Waals surface area (Å²) in [6.45, 7) is 10.0. The van der Waals surface area contributed by atoms with Gasteiger partial charge in [0.05, 0.1) is 0 Å². The standard InChI is InChI=1S/C22H35I/c1-16(2)19(23)12-15-21(3)13-7-14-22(4)18-9-6-5-8-17(18)10-11-20(21)22/h5-6,8-9,16-20H,7,10-15H2,1-4H3/t17?,18?,19-,20+,21+,22-/m0/s1. The molecule has 6 atom stereocenters. The third-order valence-corrected chi connectivity index (χ3v) is 9.68. The summed E-state index contributed by atoms with van der Waals surface area (Å²) in [7, 11) is 0. The topological polar surface area (TPSA) is 0 Å². The van der Waals surface area contributed by atoms with Crippen LogP contribution in [0.25, 0.3) is 0 Å². The average Bonchev–Trinajstić information content (AvgIpc) is 2.52. The Labute approximate surface area is 157 Å². The monoisotopic (exact) mass is 426 g/mol. The molecule has 3 rings (SSSR count). The minimum Gasteiger partial charge on any atom is -0.0823 e. The van der Waals surface area contributed by atoms with Gasteiger partial charge in [0, 0.05) is 3.92 Å². The fourth-order valence-electron chi connectivity index (χ4n) is 6.19. The number of halogens is 1. The highest BCUT2D eigenvalue weighted by Gasteiger charge is 2.54. The highest BCUT2D eigenvalue weighted by molar-refractivity contribution is 14.1. The summed E-state index contributed by atoms with van der Waals surface area (Å²) in [5.74, 6) is 3.36. The predicted octanol–water partition coefficient (Wildman–Crippen LogP) is 7.19. The molecule has 0 heterocycles. The minimum absolute atomic E-state index is 0.537. The van der Waals surface area contributed by atoms with Crippen LogP contribution < -0.4 is 0 Å². The zero-order valence-electron chi connectivity index (χ0n) is 15.5. The maximum Gasteiger partial charge on any atom is 0.0133 e. The smallest absolute Gasteiger partial charge is 0.0133 e. The molecule has 0 saturated heterocycles. The second kappa shape index (κ2) is 6.84. The van der Waals surface area contributed by atoms with Crippen LogP contribution in [0.5, 0.6) is 0 Å². The molecule has 2 unspecified atom stereocenters. The highest BCUT2D eigenvalue weighted by Crippen LogP contribution is 2.63. The molecule has 2 fully saturated rings. The van der Waals surface area contributed by atoms with E-state index in [1.165, 1.54) is 44.9 Å². The van der Waals surface area contributed by atoms with Crippen LogP contribution in [0.1, 0.15) is 72.6 Å². The third kappa shape index (κ3) is 3.33. The average molecular weight is 426 g/mol. The van der Waals surface area contributed by atoms with E-state index in [4.69, 9.17) is 0 Å². The molecule has 0 spiro atoms. The Kier molecular flexibility index (Phi) is 5.36. The van der Waals surface area contributed by atoms with Crippen molar-refractivity contribution in [1.29, 1.82) is 0 Å². The first-order valence-corrected chi connectivity index (χ1v) is 11.1. The van der Waals surface area contributed by atoms with Gasteiger partial charge in [0.2, 0.25) is 0 Å². The lowest BCUT2D eigenvalue weighted by Gasteiger charge is -2.60. The van der Waals surface area contributed by atoms with Gasteiger partial charge in [0.25, 0.3) is 0 Å². The molecule has 3 aliphatic rings. The summed E-state index contributed by atoms with van der Waals surface area (Å²) >= 11 is 2.70. The van der Waals surface area contributed by atoms with Crippen molar-refractivity contribution < 1.29 is 0 Å². The molecule has 0 bridgehead atoms. The van der Waals surface area contributed by atoms with Gasteiger partial charge in [0.15, 0.2) is 0 Å². The molecule has 0 N–H and O–H groups in total. The first-order valence-electron chi connectivity index (χ1n) is 9.86. The van der Waals surface area contributed by atoms with Crippen molar-refractivity contribution in [3.8, 4) is 0 Å². The first kappa shape index (κ1) is 18.0. The van der Waals surface area contributed by atoms with E-state index >= 15 is 0 Å². The molecule has 0 aromatic heterocycles. The van der Waals surface area contributed by atoms with Crippen molar-refractivity contribution in [2.24, 2.45) is 34.5 Å². The molecular formula is C22H35I. The normalized spacial score (nSPS) is 44.0. The van der Waals surface area contributed by atoms with Gasteiger partial charge in [0.1, 0.15) is 0 Å². The fraction of sp³-hybridized carbons (Fsp3) is 0.818. The van der Waals surface area contributed by atoms with Crippen molar-refractivity contribution in [2.45, 2.75) is 76.6 Å². The maximum absolute atomic E-state index is 2.70. The number of hydrogen-bond acceptors (Lipinski definition) is 0. The quantitative estimate of drug-likeness (QED) is 0.330. The van der Waals surface area contributed by atoms with Crippen LogP contribution in [0.3, 0.4) is 0 Å². The van der Waals surface area contributed by atoms with Gasteiger partial charge in [-0.05, 0) is 73.0 Å². The Bertz CT molecular complexity index is 476. The van der Waals surface area contributed by atoms with E-state index in [0.717, 1.165) is 27.6 Å². The van der Waals surface area contributed by atoms with E-state index in [0.29, 0.717) is 10.8 Å². The van der Waals surface area contributed by atoms with Crippen molar-refractivity contribution in [2.75, 3.05) is 0 Å². The Balaban J connectivity index is 1.78. The molecule has 3 aliphatic carbocycles. The highest BCUT2D eigenvalue weighted by atomic mass is 127. The van der Waals surface area contributed by atoms with Crippen LogP contribution in [0.15, 0.2) is 24.3 Å². The summed E-state index contributed by atoms with van der Waals surface area (Å²) in [5, 5.41) is 0. The molecule has 0 radical (unpaired) electrons. The minimum atomic E-state index is 0.537. The van der Waals surface area contributed by atoms with E-state index in [1.807, 2.05) is 0 Å². The largest absolute Gasteiger partial charge is 0.0823 e. The fourth-order valence-corrected chi connectivity index (χ4v) is 6.50. The predicted molar refractivity (Wildman–Crippen MR) is 110 cm³/mol. The molecule has 130 valence electrons. The van der Waals surface area contributed by atoms with E-state index in [1.54, 1.807) is 0 Å². The summed E-state index contributed by atoms with van der Waals surface area (Å²) in [6.07, 6.45) is 19.7. The van der Waals surface area contributed by atoms with Gasteiger partial charge < -0.3 is 0 Å². The lowest BCUT2D eigenvalue weighted by atomic mass is 9.45. The SMILES string of the molecule is CC(C)[C@@H](I)CC[C@@]1(C)CCC[C@@]2(C)C3C=CC=CC3CC[C@H]12. The van der Waals surface area contributed by atoms with Crippen LogP contribution in [0, 0.1) is 34.5 Å². The zero-order valence-corrected chi connectivity index (χ0v) is 17.7. The van der Waals surface area contributed by atoms with E-state index in [-0.39, 0.29) is 0 Å². The van der Waals surface area contributed by atoms with Gasteiger partial charge in [-0.3, -0.25) is 0 Å². The van der Waals surface area contributed by atoms with Gasteiger partial charge in [-0.25, -0.2) is 0 Å². The van der Waals surface area contributed by atoms with Crippen molar-refractivity contribution in [1.82, 2.24) is 0 Å². The third-order valence-electron chi connectivity index (χ3n) is 7.61.